The zero-order valence-corrected chi connectivity index (χ0v) is 25.0. The van der Waals surface area contributed by atoms with Gasteiger partial charge in [0.1, 0.15) is 0 Å². The van der Waals surface area contributed by atoms with Crippen LogP contribution >= 0.6 is 24.8 Å². The summed E-state index contributed by atoms with van der Waals surface area (Å²) < 4.78 is 0. The molecule has 4 heteroatoms. The van der Waals surface area contributed by atoms with Crippen molar-refractivity contribution >= 4 is 73.7 Å². The summed E-state index contributed by atoms with van der Waals surface area (Å²) in [6.07, 6.45) is -0.545. The van der Waals surface area contributed by atoms with Crippen LogP contribution in [-0.2, 0) is 19.2 Å². The fourth-order valence-corrected chi connectivity index (χ4v) is 7.30. The Hall–Kier alpha value is -2.91. The van der Waals surface area contributed by atoms with Crippen LogP contribution in [0.5, 0.6) is 0 Å². The molecule has 0 spiro atoms. The number of benzene rings is 5. The fourth-order valence-electron chi connectivity index (χ4n) is 4.35. The van der Waals surface area contributed by atoms with Crippen LogP contribution in [0.1, 0.15) is 0 Å². The number of hydrogen-bond acceptors (Lipinski definition) is 0. The maximum absolute atomic E-state index is 2.34. The van der Waals surface area contributed by atoms with Crippen molar-refractivity contribution in [2.45, 2.75) is 0 Å². The molecule has 38 heavy (non-hydrogen) atoms. The molecule has 0 bridgehead atoms. The van der Waals surface area contributed by atoms with Gasteiger partial charge in [-0.05, 0) is 0 Å². The van der Waals surface area contributed by atoms with Crippen molar-refractivity contribution in [2.75, 3.05) is 0 Å². The van der Waals surface area contributed by atoms with Crippen LogP contribution in [0.4, 0.5) is 0 Å². The van der Waals surface area contributed by atoms with E-state index in [0.717, 1.165) is 0 Å². The summed E-state index contributed by atoms with van der Waals surface area (Å²) in [5.41, 5.74) is 0. The Bertz CT molecular complexity index is 1580. The summed E-state index contributed by atoms with van der Waals surface area (Å²) in [7, 11) is 0. The number of hydrogen-bond donors (Lipinski definition) is 0. The van der Waals surface area contributed by atoms with Gasteiger partial charge in [-0.2, -0.15) is 17.5 Å². The summed E-state index contributed by atoms with van der Waals surface area (Å²) in [5.74, 6) is 0. The van der Waals surface area contributed by atoms with Gasteiger partial charge in [-0.15, -0.1) is 94.2 Å². The van der Waals surface area contributed by atoms with Crippen molar-refractivity contribution in [2.24, 2.45) is 0 Å². The maximum atomic E-state index is 2.34. The molecule has 0 saturated heterocycles. The zero-order valence-electron chi connectivity index (χ0n) is 20.8. The Kier molecular flexibility index (Phi) is 11.6. The first-order valence-electron chi connectivity index (χ1n) is 12.1. The zero-order chi connectivity index (χ0) is 24.6. The van der Waals surface area contributed by atoms with Gasteiger partial charge in [0.2, 0.25) is 0 Å². The summed E-state index contributed by atoms with van der Waals surface area (Å²) in [4.78, 5) is 0. The van der Waals surface area contributed by atoms with Crippen molar-refractivity contribution in [1.82, 2.24) is 0 Å². The molecule has 0 aliphatic carbocycles. The Balaban J connectivity index is 0.000000157. The van der Waals surface area contributed by atoms with E-state index in [0.29, 0.717) is 0 Å². The van der Waals surface area contributed by atoms with Crippen molar-refractivity contribution in [3.63, 3.8) is 0 Å². The van der Waals surface area contributed by atoms with Crippen LogP contribution in [0, 0.1) is 0 Å². The molecule has 7 aromatic rings. The van der Waals surface area contributed by atoms with Gasteiger partial charge < -0.3 is 0 Å². The molecule has 0 aromatic heterocycles. The second-order valence-corrected chi connectivity index (χ2v) is 12.8. The van der Waals surface area contributed by atoms with Crippen LogP contribution in [0.15, 0.2) is 158 Å². The molecule has 0 fully saturated rings. The van der Waals surface area contributed by atoms with Gasteiger partial charge in [-0.1, -0.05) is 42.5 Å². The molecule has 0 heterocycles. The minimum atomic E-state index is -0.545. The van der Waals surface area contributed by atoms with Crippen molar-refractivity contribution in [3.8, 4) is 0 Å². The Morgan fingerprint density at radius 2 is 0.868 bits per heavy atom. The van der Waals surface area contributed by atoms with Gasteiger partial charge in [0.15, 0.2) is 0 Å². The predicted octanol–water partition coefficient (Wildman–Crippen LogP) is 8.45. The average molecular weight is 583 g/mol. The molecule has 0 amide bonds. The first kappa shape index (κ1) is 29.6. The van der Waals surface area contributed by atoms with E-state index in [9.17, 15) is 0 Å². The summed E-state index contributed by atoms with van der Waals surface area (Å²) in [6.45, 7) is 0. The molecule has 0 aliphatic rings. The molecule has 0 unspecified atom stereocenters. The van der Waals surface area contributed by atoms with Gasteiger partial charge in [0.05, 0.1) is 0 Å². The summed E-state index contributed by atoms with van der Waals surface area (Å²) in [6, 6.07) is 55.5. The van der Waals surface area contributed by atoms with E-state index in [1.807, 2.05) is 0 Å². The van der Waals surface area contributed by atoms with E-state index >= 15 is 0 Å². The normalized spacial score (nSPS) is 9.84. The standard InChI is InChI=1S/C13H9.C12H10Si.C9H7.2ClH.Ti/c1-3-7-12-10(5-1)9-11-6-2-4-8-13(11)12;1-3-7-11(8-4-1)13-12-9-5-2-6-10-12;1-2-5-9-7-3-6-8(9)4-1;;;/h1-9H;1-10H;1-7H;2*1H;/q-1;;-1;;;+2. The number of halogens is 2. The van der Waals surface area contributed by atoms with Crippen molar-refractivity contribution < 1.29 is 19.2 Å². The number of fused-ring (bicyclic) bond motifs is 4. The molecular weight excluding hydrogens is 555 g/mol. The third-order valence-electron chi connectivity index (χ3n) is 6.20. The first-order valence-corrected chi connectivity index (χ1v) is 16.0. The minimum absolute atomic E-state index is 0. The van der Waals surface area contributed by atoms with Gasteiger partial charge in [0, 0.05) is 0 Å². The third-order valence-corrected chi connectivity index (χ3v) is 10.7. The Morgan fingerprint density at radius 3 is 1.37 bits per heavy atom. The molecule has 0 N–H and O–H groups in total. The second-order valence-electron chi connectivity index (χ2n) is 8.58. The molecule has 186 valence electrons. The molecule has 0 radical (unpaired) electrons. The summed E-state index contributed by atoms with van der Waals surface area (Å²) in [5, 5.41) is 11.0. The van der Waals surface area contributed by atoms with Crippen molar-refractivity contribution in [1.29, 1.82) is 0 Å². The van der Waals surface area contributed by atoms with E-state index in [4.69, 9.17) is 0 Å². The van der Waals surface area contributed by atoms with Crippen LogP contribution in [0.2, 0.25) is 0 Å². The molecule has 0 atom stereocenters. The second kappa shape index (κ2) is 14.9. The number of rotatable bonds is 2. The minimum Gasteiger partial charge on any atom is -0.168 e. The average Bonchev–Trinajstić information content (AvgIpc) is 3.59. The van der Waals surface area contributed by atoms with Crippen LogP contribution < -0.4 is 10.4 Å². The van der Waals surface area contributed by atoms with Gasteiger partial charge in [-0.25, -0.2) is 0 Å². The van der Waals surface area contributed by atoms with E-state index in [-0.39, 0.29) is 24.8 Å². The Labute approximate surface area is 249 Å². The predicted molar refractivity (Wildman–Crippen MR) is 169 cm³/mol. The topological polar surface area (TPSA) is 0 Å². The monoisotopic (exact) mass is 582 g/mol. The quantitative estimate of drug-likeness (QED) is 0.142. The van der Waals surface area contributed by atoms with E-state index in [2.05, 4.69) is 177 Å². The fraction of sp³-hybridized carbons (Fsp3) is 0. The van der Waals surface area contributed by atoms with Gasteiger partial charge in [0.25, 0.3) is 0 Å². The maximum Gasteiger partial charge on any atom is -0.0771 e. The largest absolute Gasteiger partial charge is 0.168 e. The molecule has 0 aliphatic heterocycles. The molecule has 7 aromatic carbocycles. The van der Waals surface area contributed by atoms with Crippen molar-refractivity contribution in [3.05, 3.63) is 158 Å². The Morgan fingerprint density at radius 1 is 0.447 bits per heavy atom. The van der Waals surface area contributed by atoms with Crippen LogP contribution in [-0.4, -0.2) is 6.19 Å². The molecular formula is C34H28Cl2SiTi. The molecule has 0 nitrogen and oxygen atoms in total. The summed E-state index contributed by atoms with van der Waals surface area (Å²) >= 11 is 2.34. The van der Waals surface area contributed by atoms with E-state index in [1.165, 1.54) is 42.7 Å². The van der Waals surface area contributed by atoms with Gasteiger partial charge in [-0.3, -0.25) is 0 Å². The van der Waals surface area contributed by atoms with Gasteiger partial charge >= 0.3 is 96.4 Å². The smallest absolute Gasteiger partial charge is 0.0771 e. The first-order chi connectivity index (χ1) is 17.8. The molecule has 0 saturated carbocycles. The third kappa shape index (κ3) is 7.35. The van der Waals surface area contributed by atoms with Crippen LogP contribution in [0.3, 0.4) is 0 Å². The molecule has 7 rings (SSSR count). The van der Waals surface area contributed by atoms with Crippen LogP contribution in [0.25, 0.3) is 32.3 Å². The van der Waals surface area contributed by atoms with E-state index in [1.54, 1.807) is 0 Å². The van der Waals surface area contributed by atoms with E-state index < -0.39 is 6.19 Å². The SMILES string of the molecule is Cl.Cl.[Ti+2]=[Si](c1ccccc1)c1ccccc1.c1ccc2[cH-]ccc2c1.c1ccc2c(c1)[cH-]c1ccccc12.